The largest absolute Gasteiger partial charge is 0.422 e. The van der Waals surface area contributed by atoms with Crippen molar-refractivity contribution in [3.63, 3.8) is 0 Å². The van der Waals surface area contributed by atoms with Gasteiger partial charge in [-0.2, -0.15) is 0 Å². The number of nitrogens with zero attached hydrogens (tertiary/aromatic N) is 1. The molecule has 1 amide bonds. The Morgan fingerprint density at radius 2 is 1.69 bits per heavy atom. The maximum atomic E-state index is 12.6. The lowest BCUT2D eigenvalue weighted by atomic mass is 10.0. The maximum Gasteiger partial charge on any atom is 0.414 e. The van der Waals surface area contributed by atoms with Crippen molar-refractivity contribution in [2.24, 2.45) is 0 Å². The van der Waals surface area contributed by atoms with Crippen LogP contribution in [0.3, 0.4) is 0 Å². The summed E-state index contributed by atoms with van der Waals surface area (Å²) in [6.45, 7) is 1.79. The molecule has 0 radical (unpaired) electrons. The van der Waals surface area contributed by atoms with Crippen molar-refractivity contribution >= 4 is 28.7 Å². The van der Waals surface area contributed by atoms with Gasteiger partial charge in [0.2, 0.25) is 0 Å². The summed E-state index contributed by atoms with van der Waals surface area (Å²) < 4.78 is 11.0. The minimum Gasteiger partial charge on any atom is -0.422 e. The Balaban J connectivity index is 2.23. The average molecular weight is 349 g/mol. The molecule has 0 N–H and O–H groups in total. The van der Waals surface area contributed by atoms with Gasteiger partial charge in [-0.15, -0.1) is 0 Å². The third-order valence-electron chi connectivity index (χ3n) is 3.90. The van der Waals surface area contributed by atoms with E-state index in [0.29, 0.717) is 16.5 Å². The molecule has 0 unspecified atom stereocenters. The highest BCUT2D eigenvalue weighted by Gasteiger charge is 2.20. The molecule has 0 saturated heterocycles. The van der Waals surface area contributed by atoms with Crippen molar-refractivity contribution in [3.8, 4) is 5.75 Å². The molecule has 0 aliphatic rings. The van der Waals surface area contributed by atoms with Gasteiger partial charge in [0.15, 0.2) is 5.75 Å². The van der Waals surface area contributed by atoms with E-state index in [0.717, 1.165) is 5.56 Å². The zero-order valence-corrected chi connectivity index (χ0v) is 14.9. The summed E-state index contributed by atoms with van der Waals surface area (Å²) in [5.74, 6) is 0.209. The first kappa shape index (κ1) is 17.5. The molecular formula is C21H19NO4. The van der Waals surface area contributed by atoms with Crippen LogP contribution in [0.2, 0.25) is 0 Å². The first-order valence-corrected chi connectivity index (χ1v) is 8.16. The number of para-hydroxylation sites is 1. The lowest BCUT2D eigenvalue weighted by Gasteiger charge is -2.15. The first-order chi connectivity index (χ1) is 12.5. The Hall–Kier alpha value is -3.34. The minimum absolute atomic E-state index is 0.209. The van der Waals surface area contributed by atoms with E-state index in [4.69, 9.17) is 9.15 Å². The number of allylic oxidation sites excluding steroid dienone is 1. The molecule has 1 heterocycles. The smallest absolute Gasteiger partial charge is 0.414 e. The Morgan fingerprint density at radius 1 is 1.04 bits per heavy atom. The van der Waals surface area contributed by atoms with Crippen LogP contribution < -0.4 is 10.4 Å². The molecular weight excluding hydrogens is 330 g/mol. The van der Waals surface area contributed by atoms with Crippen LogP contribution in [0.1, 0.15) is 18.1 Å². The van der Waals surface area contributed by atoms with Crippen LogP contribution in [-0.2, 0) is 0 Å². The molecule has 0 aliphatic carbocycles. The van der Waals surface area contributed by atoms with Gasteiger partial charge in [0.1, 0.15) is 11.1 Å². The van der Waals surface area contributed by atoms with E-state index in [1.807, 2.05) is 36.4 Å². The Kier molecular flexibility index (Phi) is 4.89. The second-order valence-corrected chi connectivity index (χ2v) is 6.09. The van der Waals surface area contributed by atoms with Crippen molar-refractivity contribution in [2.75, 3.05) is 14.1 Å². The number of hydrogen-bond acceptors (Lipinski definition) is 4. The van der Waals surface area contributed by atoms with Gasteiger partial charge >= 0.3 is 11.7 Å². The zero-order valence-electron chi connectivity index (χ0n) is 14.9. The predicted octanol–water partition coefficient (Wildman–Crippen LogP) is 4.41. The van der Waals surface area contributed by atoms with E-state index in [9.17, 15) is 9.59 Å². The minimum atomic E-state index is -0.561. The van der Waals surface area contributed by atoms with E-state index in [-0.39, 0.29) is 11.3 Å². The van der Waals surface area contributed by atoms with Crippen LogP contribution in [0.4, 0.5) is 4.79 Å². The van der Waals surface area contributed by atoms with Crippen molar-refractivity contribution in [3.05, 3.63) is 76.1 Å². The number of amides is 1. The summed E-state index contributed by atoms with van der Waals surface area (Å²) >= 11 is 0. The number of hydrogen-bond donors (Lipinski definition) is 0. The van der Waals surface area contributed by atoms with Crippen LogP contribution in [-0.4, -0.2) is 25.1 Å². The van der Waals surface area contributed by atoms with Gasteiger partial charge < -0.3 is 14.1 Å². The fraction of sp³-hybridized carbons (Fsp3) is 0.143. The van der Waals surface area contributed by atoms with Crippen LogP contribution in [0, 0.1) is 0 Å². The lowest BCUT2D eigenvalue weighted by Crippen LogP contribution is -2.26. The molecule has 132 valence electrons. The summed E-state index contributed by atoms with van der Waals surface area (Å²) in [6.07, 6.45) is 1.29. The topological polar surface area (TPSA) is 59.8 Å². The molecule has 3 rings (SSSR count). The second kappa shape index (κ2) is 7.27. The molecule has 1 aromatic heterocycles. The quantitative estimate of drug-likeness (QED) is 0.657. The van der Waals surface area contributed by atoms with E-state index in [1.165, 1.54) is 4.90 Å². The monoisotopic (exact) mass is 349 g/mol. The van der Waals surface area contributed by atoms with E-state index in [2.05, 4.69) is 0 Å². The number of carbonyl (C=O) groups is 1. The summed E-state index contributed by atoms with van der Waals surface area (Å²) in [7, 11) is 3.17. The summed E-state index contributed by atoms with van der Waals surface area (Å²) in [5.41, 5.74) is 1.65. The normalized spacial score (nSPS) is 11.4. The summed E-state index contributed by atoms with van der Waals surface area (Å²) in [6, 6.07) is 16.6. The molecule has 26 heavy (non-hydrogen) atoms. The highest BCUT2D eigenvalue weighted by atomic mass is 16.6. The Morgan fingerprint density at radius 3 is 2.38 bits per heavy atom. The Labute approximate surface area is 151 Å². The van der Waals surface area contributed by atoms with Crippen LogP contribution >= 0.6 is 0 Å². The molecule has 0 fully saturated rings. The van der Waals surface area contributed by atoms with E-state index < -0.39 is 11.7 Å². The second-order valence-electron chi connectivity index (χ2n) is 6.09. The molecule has 0 bridgehead atoms. The molecule has 0 aliphatic heterocycles. The molecule has 0 saturated carbocycles. The zero-order chi connectivity index (χ0) is 18.7. The van der Waals surface area contributed by atoms with Gasteiger partial charge in [0.05, 0.1) is 5.39 Å². The molecule has 5 nitrogen and oxygen atoms in total. The molecule has 2 aromatic carbocycles. The van der Waals surface area contributed by atoms with Crippen molar-refractivity contribution in [1.82, 2.24) is 4.90 Å². The van der Waals surface area contributed by atoms with E-state index >= 15 is 0 Å². The number of rotatable bonds is 3. The molecule has 0 spiro atoms. The van der Waals surface area contributed by atoms with E-state index in [1.54, 1.807) is 45.3 Å². The van der Waals surface area contributed by atoms with Gasteiger partial charge in [-0.3, -0.25) is 0 Å². The fourth-order valence-corrected chi connectivity index (χ4v) is 2.62. The van der Waals surface area contributed by atoms with Crippen molar-refractivity contribution in [2.45, 2.75) is 6.92 Å². The first-order valence-electron chi connectivity index (χ1n) is 8.16. The summed E-state index contributed by atoms with van der Waals surface area (Å²) in [5, 5.41) is 0.568. The maximum absolute atomic E-state index is 12.6. The number of fused-ring (bicyclic) bond motifs is 1. The van der Waals surface area contributed by atoms with Gasteiger partial charge in [0.25, 0.3) is 0 Å². The highest BCUT2D eigenvalue weighted by Crippen LogP contribution is 2.32. The third kappa shape index (κ3) is 3.52. The van der Waals surface area contributed by atoms with Crippen LogP contribution in [0.5, 0.6) is 5.75 Å². The predicted molar refractivity (Wildman–Crippen MR) is 102 cm³/mol. The van der Waals surface area contributed by atoms with Gasteiger partial charge in [-0.25, -0.2) is 9.59 Å². The molecule has 3 aromatic rings. The molecule has 5 heteroatoms. The third-order valence-corrected chi connectivity index (χ3v) is 3.90. The van der Waals surface area contributed by atoms with Crippen molar-refractivity contribution in [1.29, 1.82) is 0 Å². The number of carbonyl (C=O) groups excluding carboxylic acids is 1. The average Bonchev–Trinajstić information content (AvgIpc) is 2.62. The molecule has 0 atom stereocenters. The van der Waals surface area contributed by atoms with Gasteiger partial charge in [-0.05, 0) is 30.2 Å². The number of benzene rings is 2. The lowest BCUT2D eigenvalue weighted by molar-refractivity contribution is 0.172. The van der Waals surface area contributed by atoms with Crippen LogP contribution in [0.15, 0.2) is 63.8 Å². The fourth-order valence-electron chi connectivity index (χ4n) is 2.62. The van der Waals surface area contributed by atoms with Crippen molar-refractivity contribution < 1.29 is 13.9 Å². The Bertz CT molecular complexity index is 1030. The summed E-state index contributed by atoms with van der Waals surface area (Å²) in [4.78, 5) is 26.1. The van der Waals surface area contributed by atoms with Gasteiger partial charge in [0, 0.05) is 14.1 Å². The standard InChI is InChI=1S/C21H19NO4/c1-14(13-15-9-5-4-6-10-15)18-19(26-21(24)22(2)3)16-11-7-8-12-17(16)25-20(18)23/h4-13H,1-3H3/b14-13+. The SMILES string of the molecule is C/C(=C\c1ccccc1)c1c(OC(=O)N(C)C)c2ccccc2oc1=O. The highest BCUT2D eigenvalue weighted by molar-refractivity contribution is 5.93. The van der Waals surface area contributed by atoms with Gasteiger partial charge in [-0.1, -0.05) is 48.5 Å². The van der Waals surface area contributed by atoms with Crippen LogP contribution in [0.25, 0.3) is 22.6 Å². The number of ether oxygens (including phenoxy) is 1.